The van der Waals surface area contributed by atoms with Crippen molar-refractivity contribution in [2.24, 2.45) is 5.92 Å². The Morgan fingerprint density at radius 2 is 1.91 bits per heavy atom. The lowest BCUT2D eigenvalue weighted by molar-refractivity contribution is -0.130. The Morgan fingerprint density at radius 3 is 2.58 bits per heavy atom. The fourth-order valence-corrected chi connectivity index (χ4v) is 4.71. The summed E-state index contributed by atoms with van der Waals surface area (Å²) >= 11 is 1.35. The SMILES string of the molecule is CC(C)C[C@H](CO)Nc1nc(NS(C)(=O)=O)nc(SCc2ccc3c(c2)CN(C)C(=O)C3)n1. The number of anilines is 2. The molecule has 1 amide bonds. The Labute approximate surface area is 198 Å². The number of likely N-dealkylation sites (N-methyl/N-ethyl adjacent to an activating group) is 1. The van der Waals surface area contributed by atoms with Crippen LogP contribution in [-0.2, 0) is 33.5 Å². The number of nitrogens with zero attached hydrogens (tertiary/aromatic N) is 4. The number of amides is 1. The van der Waals surface area contributed by atoms with Crippen molar-refractivity contribution in [2.45, 2.75) is 50.2 Å². The molecule has 3 N–H and O–H groups in total. The van der Waals surface area contributed by atoms with Gasteiger partial charge >= 0.3 is 0 Å². The molecule has 33 heavy (non-hydrogen) atoms. The second-order valence-electron chi connectivity index (χ2n) is 8.61. The fourth-order valence-electron chi connectivity index (χ4n) is 3.51. The van der Waals surface area contributed by atoms with Gasteiger partial charge in [0, 0.05) is 19.3 Å². The normalized spacial score (nSPS) is 14.8. The summed E-state index contributed by atoms with van der Waals surface area (Å²) in [6.45, 7) is 4.56. The van der Waals surface area contributed by atoms with Gasteiger partial charge in [-0.15, -0.1) is 0 Å². The largest absolute Gasteiger partial charge is 0.394 e. The first-order valence-electron chi connectivity index (χ1n) is 10.6. The van der Waals surface area contributed by atoms with E-state index in [2.05, 4.69) is 31.1 Å². The molecule has 1 atom stereocenters. The summed E-state index contributed by atoms with van der Waals surface area (Å²) in [4.78, 5) is 26.4. The molecule has 10 nitrogen and oxygen atoms in total. The Hall–Kier alpha value is -2.44. The van der Waals surface area contributed by atoms with Crippen LogP contribution in [0.1, 0.15) is 37.0 Å². The van der Waals surface area contributed by atoms with Crippen LogP contribution in [0.2, 0.25) is 0 Å². The van der Waals surface area contributed by atoms with Crippen molar-refractivity contribution in [3.8, 4) is 0 Å². The summed E-state index contributed by atoms with van der Waals surface area (Å²) in [5.74, 6) is 1.13. The first-order chi connectivity index (χ1) is 15.5. The number of aromatic nitrogens is 3. The van der Waals surface area contributed by atoms with Crippen molar-refractivity contribution in [3.05, 3.63) is 34.9 Å². The van der Waals surface area contributed by atoms with Crippen molar-refractivity contribution in [1.82, 2.24) is 19.9 Å². The molecule has 0 aliphatic carbocycles. The molecular formula is C21H30N6O4S2. The highest BCUT2D eigenvalue weighted by atomic mass is 32.2. The van der Waals surface area contributed by atoms with Gasteiger partial charge in [-0.1, -0.05) is 43.8 Å². The van der Waals surface area contributed by atoms with Crippen LogP contribution in [0.25, 0.3) is 0 Å². The van der Waals surface area contributed by atoms with E-state index in [1.165, 1.54) is 11.8 Å². The lowest BCUT2D eigenvalue weighted by atomic mass is 9.98. The lowest BCUT2D eigenvalue weighted by Crippen LogP contribution is -2.32. The van der Waals surface area contributed by atoms with E-state index >= 15 is 0 Å². The highest BCUT2D eigenvalue weighted by Crippen LogP contribution is 2.26. The number of rotatable bonds is 10. The molecule has 0 unspecified atom stereocenters. The van der Waals surface area contributed by atoms with Gasteiger partial charge in [0.15, 0.2) is 5.16 Å². The molecule has 2 aromatic rings. The van der Waals surface area contributed by atoms with Crippen LogP contribution in [0.5, 0.6) is 0 Å². The molecule has 3 rings (SSSR count). The molecule has 0 radical (unpaired) electrons. The van der Waals surface area contributed by atoms with Gasteiger partial charge < -0.3 is 15.3 Å². The molecule has 0 saturated carbocycles. The number of nitrogens with one attached hydrogen (secondary N) is 2. The Balaban J connectivity index is 1.79. The number of carbonyl (C=O) groups is 1. The minimum atomic E-state index is -3.57. The Kier molecular flexibility index (Phi) is 8.14. The number of sulfonamides is 1. The van der Waals surface area contributed by atoms with Gasteiger partial charge in [-0.25, -0.2) is 8.42 Å². The molecule has 0 fully saturated rings. The molecule has 1 aliphatic rings. The molecule has 1 aromatic carbocycles. The molecule has 1 aliphatic heterocycles. The van der Waals surface area contributed by atoms with Crippen LogP contribution in [0, 0.1) is 5.92 Å². The van der Waals surface area contributed by atoms with Gasteiger partial charge in [-0.05, 0) is 29.0 Å². The number of carbonyl (C=O) groups excluding carboxylic acids is 1. The molecule has 1 aromatic heterocycles. The standard InChI is InChI=1S/C21H30N6O4S2/c1-13(2)7-17(11-28)22-19-23-20(26-33(4,30)31)25-21(24-19)32-12-14-5-6-15-9-18(29)27(3)10-16(15)8-14/h5-6,8,13,17,28H,7,9-12H2,1-4H3,(H2,22,23,24,25,26)/t17-/m1/s1. The van der Waals surface area contributed by atoms with E-state index in [1.807, 2.05) is 26.0 Å². The molecule has 0 bridgehead atoms. The molecule has 0 saturated heterocycles. The number of hydrogen-bond acceptors (Lipinski definition) is 9. The van der Waals surface area contributed by atoms with E-state index in [4.69, 9.17) is 0 Å². The lowest BCUT2D eigenvalue weighted by Gasteiger charge is -2.25. The van der Waals surface area contributed by atoms with E-state index < -0.39 is 10.0 Å². The predicted octanol–water partition coefficient (Wildman–Crippen LogP) is 1.87. The maximum atomic E-state index is 11.9. The van der Waals surface area contributed by atoms with Gasteiger partial charge in [-0.3, -0.25) is 9.52 Å². The highest BCUT2D eigenvalue weighted by Gasteiger charge is 2.20. The zero-order valence-electron chi connectivity index (χ0n) is 19.2. The average Bonchev–Trinajstić information content (AvgIpc) is 2.71. The van der Waals surface area contributed by atoms with E-state index in [0.717, 1.165) is 22.9 Å². The van der Waals surface area contributed by atoms with Crippen molar-refractivity contribution in [2.75, 3.05) is 29.9 Å². The van der Waals surface area contributed by atoms with Crippen LogP contribution < -0.4 is 10.0 Å². The number of hydrogen-bond donors (Lipinski definition) is 3. The fraction of sp³-hybridized carbons (Fsp3) is 0.524. The Morgan fingerprint density at radius 1 is 1.18 bits per heavy atom. The van der Waals surface area contributed by atoms with Crippen molar-refractivity contribution in [1.29, 1.82) is 0 Å². The predicted molar refractivity (Wildman–Crippen MR) is 128 cm³/mol. The summed E-state index contributed by atoms with van der Waals surface area (Å²) in [7, 11) is -1.78. The number of aliphatic hydroxyl groups is 1. The van der Waals surface area contributed by atoms with Gasteiger partial charge in [0.25, 0.3) is 0 Å². The van der Waals surface area contributed by atoms with Crippen LogP contribution >= 0.6 is 11.8 Å². The van der Waals surface area contributed by atoms with E-state index in [1.54, 1.807) is 11.9 Å². The van der Waals surface area contributed by atoms with Crippen LogP contribution in [-0.4, -0.2) is 65.2 Å². The quantitative estimate of drug-likeness (QED) is 0.423. The van der Waals surface area contributed by atoms with Gasteiger partial charge in [0.05, 0.1) is 25.3 Å². The maximum absolute atomic E-state index is 11.9. The maximum Gasteiger partial charge on any atom is 0.242 e. The van der Waals surface area contributed by atoms with Crippen LogP contribution in [0.3, 0.4) is 0 Å². The second kappa shape index (κ2) is 10.7. The molecule has 2 heterocycles. The van der Waals surface area contributed by atoms with Crippen LogP contribution in [0.15, 0.2) is 23.4 Å². The zero-order chi connectivity index (χ0) is 24.2. The third-order valence-electron chi connectivity index (χ3n) is 5.01. The first-order valence-corrected chi connectivity index (χ1v) is 13.5. The molecule has 180 valence electrons. The number of benzene rings is 1. The third kappa shape index (κ3) is 7.54. The monoisotopic (exact) mass is 494 g/mol. The number of aliphatic hydroxyl groups excluding tert-OH is 1. The number of thioether (sulfide) groups is 1. The first kappa shape index (κ1) is 25.2. The van der Waals surface area contributed by atoms with Gasteiger partial charge in [-0.2, -0.15) is 15.0 Å². The summed E-state index contributed by atoms with van der Waals surface area (Å²) in [6.07, 6.45) is 2.14. The van der Waals surface area contributed by atoms with E-state index in [0.29, 0.717) is 36.2 Å². The number of fused-ring (bicyclic) bond motifs is 1. The van der Waals surface area contributed by atoms with Gasteiger partial charge in [0.2, 0.25) is 27.8 Å². The Bertz CT molecular complexity index is 1110. The molecular weight excluding hydrogens is 464 g/mol. The van der Waals surface area contributed by atoms with Crippen molar-refractivity contribution < 1.29 is 18.3 Å². The van der Waals surface area contributed by atoms with Gasteiger partial charge in [0.1, 0.15) is 0 Å². The third-order valence-corrected chi connectivity index (χ3v) is 6.49. The summed E-state index contributed by atoms with van der Waals surface area (Å²) in [6, 6.07) is 5.76. The minimum absolute atomic E-state index is 0.0793. The second-order valence-corrected chi connectivity index (χ2v) is 11.3. The summed E-state index contributed by atoms with van der Waals surface area (Å²) < 4.78 is 25.7. The van der Waals surface area contributed by atoms with Crippen molar-refractivity contribution >= 4 is 39.6 Å². The molecule has 12 heteroatoms. The summed E-state index contributed by atoms with van der Waals surface area (Å²) in [5.41, 5.74) is 3.20. The van der Waals surface area contributed by atoms with E-state index in [9.17, 15) is 18.3 Å². The highest BCUT2D eigenvalue weighted by molar-refractivity contribution is 7.98. The topological polar surface area (TPSA) is 137 Å². The van der Waals surface area contributed by atoms with Crippen molar-refractivity contribution in [3.63, 3.8) is 0 Å². The average molecular weight is 495 g/mol. The zero-order valence-corrected chi connectivity index (χ0v) is 20.8. The molecule has 0 spiro atoms. The van der Waals surface area contributed by atoms with E-state index in [-0.39, 0.29) is 30.5 Å². The van der Waals surface area contributed by atoms with Crippen LogP contribution in [0.4, 0.5) is 11.9 Å². The minimum Gasteiger partial charge on any atom is -0.394 e. The summed E-state index contributed by atoms with van der Waals surface area (Å²) in [5, 5.41) is 13.1. The smallest absolute Gasteiger partial charge is 0.242 e.